The lowest BCUT2D eigenvalue weighted by Crippen LogP contribution is -2.41. The van der Waals surface area contributed by atoms with Crippen LogP contribution in [0.5, 0.6) is 5.75 Å². The molecular formula is C19H22F2N2O4S. The zero-order valence-electron chi connectivity index (χ0n) is 15.8. The number of carbonyl (C=O) groups is 1. The lowest BCUT2D eigenvalue weighted by molar-refractivity contribution is -0.120. The predicted octanol–water partition coefficient (Wildman–Crippen LogP) is 3.01. The Labute approximate surface area is 163 Å². The van der Waals surface area contributed by atoms with Crippen LogP contribution in [0.4, 0.5) is 14.5 Å². The van der Waals surface area contributed by atoms with Gasteiger partial charge in [0.1, 0.15) is 12.3 Å². The molecule has 28 heavy (non-hydrogen) atoms. The van der Waals surface area contributed by atoms with Crippen molar-refractivity contribution in [1.82, 2.24) is 5.32 Å². The molecule has 1 atom stereocenters. The fourth-order valence-corrected chi connectivity index (χ4v) is 3.52. The van der Waals surface area contributed by atoms with Gasteiger partial charge in [0, 0.05) is 6.07 Å². The monoisotopic (exact) mass is 412 g/mol. The van der Waals surface area contributed by atoms with Crippen LogP contribution in [0.3, 0.4) is 0 Å². The van der Waals surface area contributed by atoms with Crippen molar-refractivity contribution < 1.29 is 26.7 Å². The molecule has 2 rings (SSSR count). The summed E-state index contributed by atoms with van der Waals surface area (Å²) in [6.07, 6.45) is 1.46. The number of anilines is 1. The smallest absolute Gasteiger partial charge is 0.241 e. The van der Waals surface area contributed by atoms with Crippen molar-refractivity contribution in [3.63, 3.8) is 0 Å². The van der Waals surface area contributed by atoms with Crippen molar-refractivity contribution in [3.05, 3.63) is 59.7 Å². The second-order valence-corrected chi connectivity index (χ2v) is 8.08. The molecule has 0 aliphatic carbocycles. The van der Waals surface area contributed by atoms with Crippen molar-refractivity contribution >= 4 is 21.6 Å². The summed E-state index contributed by atoms with van der Waals surface area (Å²) in [5, 5.41) is 2.77. The Bertz CT molecular complexity index is 933. The number of sulfonamides is 1. The maximum absolute atomic E-state index is 13.5. The number of hydrogen-bond donors (Lipinski definition) is 1. The minimum Gasteiger partial charge on any atom is -0.497 e. The molecule has 2 aromatic carbocycles. The number of hydrogen-bond acceptors (Lipinski definition) is 4. The highest BCUT2D eigenvalue weighted by Crippen LogP contribution is 2.22. The summed E-state index contributed by atoms with van der Waals surface area (Å²) < 4.78 is 56.6. The van der Waals surface area contributed by atoms with Crippen LogP contribution in [-0.4, -0.2) is 34.2 Å². The normalized spacial score (nSPS) is 12.3. The van der Waals surface area contributed by atoms with Crippen LogP contribution in [0, 0.1) is 11.6 Å². The highest BCUT2D eigenvalue weighted by molar-refractivity contribution is 7.92. The van der Waals surface area contributed by atoms with Gasteiger partial charge in [-0.2, -0.15) is 0 Å². The number of ether oxygens (including phenoxy) is 1. The molecule has 0 saturated heterocycles. The van der Waals surface area contributed by atoms with Crippen molar-refractivity contribution in [2.45, 2.75) is 19.4 Å². The zero-order valence-corrected chi connectivity index (χ0v) is 16.6. The molecule has 9 heteroatoms. The number of rotatable bonds is 8. The van der Waals surface area contributed by atoms with E-state index in [-0.39, 0.29) is 11.7 Å². The fraction of sp³-hybridized carbons (Fsp3) is 0.316. The molecule has 0 aliphatic rings. The minimum atomic E-state index is -3.89. The number of halogens is 2. The van der Waals surface area contributed by atoms with E-state index in [0.29, 0.717) is 12.2 Å². The Morgan fingerprint density at radius 1 is 1.14 bits per heavy atom. The second kappa shape index (κ2) is 9.01. The molecule has 6 nitrogen and oxygen atoms in total. The van der Waals surface area contributed by atoms with Crippen LogP contribution >= 0.6 is 0 Å². The molecule has 1 unspecified atom stereocenters. The third kappa shape index (κ3) is 5.41. The molecule has 0 fully saturated rings. The first-order chi connectivity index (χ1) is 13.2. The van der Waals surface area contributed by atoms with Gasteiger partial charge in [0.25, 0.3) is 0 Å². The SMILES string of the molecule is CCC(NC(=O)CN(c1ccc(F)c(F)c1)S(C)(=O)=O)c1ccc(OC)cc1. The Morgan fingerprint density at radius 3 is 2.29 bits per heavy atom. The highest BCUT2D eigenvalue weighted by atomic mass is 32.2. The van der Waals surface area contributed by atoms with Gasteiger partial charge in [-0.3, -0.25) is 9.10 Å². The fourth-order valence-electron chi connectivity index (χ4n) is 2.67. The number of carbonyl (C=O) groups excluding carboxylic acids is 1. The van der Waals surface area contributed by atoms with Crippen LogP contribution in [-0.2, 0) is 14.8 Å². The molecule has 0 aromatic heterocycles. The minimum absolute atomic E-state index is 0.131. The van der Waals surface area contributed by atoms with Crippen LogP contribution in [0.15, 0.2) is 42.5 Å². The summed E-state index contributed by atoms with van der Waals surface area (Å²) >= 11 is 0. The standard InChI is InChI=1S/C19H22F2N2O4S/c1-4-18(13-5-8-15(27-2)9-6-13)22-19(24)12-23(28(3,25)26)14-7-10-16(20)17(21)11-14/h5-11,18H,4,12H2,1-3H3,(H,22,24). The molecule has 2 aromatic rings. The molecule has 0 saturated carbocycles. The second-order valence-electron chi connectivity index (χ2n) is 6.17. The van der Waals surface area contributed by atoms with Crippen molar-refractivity contribution in [3.8, 4) is 5.75 Å². The summed E-state index contributed by atoms with van der Waals surface area (Å²) in [6.45, 7) is 1.31. The van der Waals surface area contributed by atoms with Crippen molar-refractivity contribution in [2.24, 2.45) is 0 Å². The lowest BCUT2D eigenvalue weighted by Gasteiger charge is -2.24. The van der Waals surface area contributed by atoms with Gasteiger partial charge in [-0.05, 0) is 36.2 Å². The summed E-state index contributed by atoms with van der Waals surface area (Å²) in [6, 6.07) is 9.44. The van der Waals surface area contributed by atoms with Crippen LogP contribution in [0.2, 0.25) is 0 Å². The van der Waals surface area contributed by atoms with Gasteiger partial charge < -0.3 is 10.1 Å². The first-order valence-corrected chi connectivity index (χ1v) is 10.4. The van der Waals surface area contributed by atoms with E-state index in [2.05, 4.69) is 5.32 Å². The summed E-state index contributed by atoms with van der Waals surface area (Å²) in [5.41, 5.74) is 0.699. The summed E-state index contributed by atoms with van der Waals surface area (Å²) in [5.74, 6) is -2.20. The maximum Gasteiger partial charge on any atom is 0.241 e. The average Bonchev–Trinajstić information content (AvgIpc) is 2.65. The van der Waals surface area contributed by atoms with Gasteiger partial charge in [0.05, 0.1) is 25.1 Å². The van der Waals surface area contributed by atoms with E-state index in [1.165, 1.54) is 0 Å². The van der Waals surface area contributed by atoms with Crippen molar-refractivity contribution in [1.29, 1.82) is 0 Å². The molecule has 0 bridgehead atoms. The van der Waals surface area contributed by atoms with E-state index in [1.54, 1.807) is 31.4 Å². The Morgan fingerprint density at radius 2 is 1.79 bits per heavy atom. The summed E-state index contributed by atoms with van der Waals surface area (Å²) in [4.78, 5) is 12.5. The largest absolute Gasteiger partial charge is 0.497 e. The van der Waals surface area contributed by atoms with Gasteiger partial charge in [0.15, 0.2) is 11.6 Å². The van der Waals surface area contributed by atoms with Gasteiger partial charge in [-0.25, -0.2) is 17.2 Å². The number of nitrogens with zero attached hydrogens (tertiary/aromatic N) is 1. The molecule has 1 N–H and O–H groups in total. The van der Waals surface area contributed by atoms with E-state index >= 15 is 0 Å². The van der Waals surface area contributed by atoms with Crippen molar-refractivity contribution in [2.75, 3.05) is 24.2 Å². The number of nitrogens with one attached hydrogen (secondary N) is 1. The van der Waals surface area contributed by atoms with Gasteiger partial charge in [0.2, 0.25) is 15.9 Å². The number of benzene rings is 2. The Balaban J connectivity index is 2.19. The molecular weight excluding hydrogens is 390 g/mol. The van der Waals surface area contributed by atoms with Crippen LogP contribution in [0.25, 0.3) is 0 Å². The van der Waals surface area contributed by atoms with Gasteiger partial charge in [-0.1, -0.05) is 19.1 Å². The third-order valence-electron chi connectivity index (χ3n) is 4.14. The van der Waals surface area contributed by atoms with Gasteiger partial charge in [-0.15, -0.1) is 0 Å². The van der Waals surface area contributed by atoms with E-state index in [4.69, 9.17) is 4.74 Å². The molecule has 0 radical (unpaired) electrons. The van der Waals surface area contributed by atoms with Crippen LogP contribution < -0.4 is 14.4 Å². The van der Waals surface area contributed by atoms with Gasteiger partial charge >= 0.3 is 0 Å². The Kier molecular flexibility index (Phi) is 6.95. The third-order valence-corrected chi connectivity index (χ3v) is 5.28. The van der Waals surface area contributed by atoms with E-state index in [9.17, 15) is 22.0 Å². The average molecular weight is 412 g/mol. The summed E-state index contributed by atoms with van der Waals surface area (Å²) in [7, 11) is -2.34. The topological polar surface area (TPSA) is 75.7 Å². The van der Waals surface area contributed by atoms with Crippen LogP contribution in [0.1, 0.15) is 24.9 Å². The Hall–Kier alpha value is -2.68. The van der Waals surface area contributed by atoms with E-state index in [0.717, 1.165) is 34.3 Å². The first-order valence-electron chi connectivity index (χ1n) is 8.51. The maximum atomic E-state index is 13.5. The molecule has 1 amide bonds. The highest BCUT2D eigenvalue weighted by Gasteiger charge is 2.23. The molecule has 0 aliphatic heterocycles. The van der Waals surface area contributed by atoms with E-state index < -0.39 is 34.1 Å². The molecule has 0 heterocycles. The van der Waals surface area contributed by atoms with E-state index in [1.807, 2.05) is 6.92 Å². The quantitative estimate of drug-likeness (QED) is 0.723. The number of methoxy groups -OCH3 is 1. The number of amides is 1. The zero-order chi connectivity index (χ0) is 20.9. The predicted molar refractivity (Wildman–Crippen MR) is 103 cm³/mol. The first kappa shape index (κ1) is 21.6. The lowest BCUT2D eigenvalue weighted by atomic mass is 10.0. The molecule has 152 valence electrons. The molecule has 0 spiro atoms.